The zero-order valence-electron chi connectivity index (χ0n) is 15.6. The quantitative estimate of drug-likeness (QED) is 0.402. The summed E-state index contributed by atoms with van der Waals surface area (Å²) >= 11 is 5.42. The molecule has 0 atom stereocenters. The van der Waals surface area contributed by atoms with E-state index in [0.717, 1.165) is 5.69 Å². The number of hydrogen-bond donors (Lipinski definition) is 2. The van der Waals surface area contributed by atoms with Gasteiger partial charge >= 0.3 is 0 Å². The zero-order chi connectivity index (χ0) is 20.4. The van der Waals surface area contributed by atoms with Gasteiger partial charge in [-0.05, 0) is 61.0 Å². The number of unbranched alkanes of at least 4 members (excludes halogenated alkanes) is 1. The van der Waals surface area contributed by atoms with Crippen LogP contribution in [0.4, 0.5) is 10.1 Å². The molecule has 2 rings (SSSR count). The molecule has 2 aromatic carbocycles. The number of ether oxygens (including phenoxy) is 1. The number of rotatable bonds is 8. The van der Waals surface area contributed by atoms with Gasteiger partial charge < -0.3 is 14.7 Å². The molecular formula is C21H23FN2O3S. The summed E-state index contributed by atoms with van der Waals surface area (Å²) in [5.41, 5.74) is 1.49. The molecular weight excluding hydrogens is 379 g/mol. The number of methoxy groups -OCH3 is 1. The van der Waals surface area contributed by atoms with Crippen LogP contribution >= 0.6 is 12.2 Å². The van der Waals surface area contributed by atoms with Crippen molar-refractivity contribution in [2.75, 3.05) is 25.2 Å². The summed E-state index contributed by atoms with van der Waals surface area (Å²) in [6, 6.07) is 13.2. The van der Waals surface area contributed by atoms with Crippen LogP contribution in [0.15, 0.2) is 54.6 Å². The van der Waals surface area contributed by atoms with Crippen molar-refractivity contribution in [3.63, 3.8) is 0 Å². The van der Waals surface area contributed by atoms with Gasteiger partial charge in [-0.3, -0.25) is 10.1 Å². The lowest BCUT2D eigenvalue weighted by molar-refractivity contribution is -0.115. The van der Waals surface area contributed by atoms with Gasteiger partial charge in [-0.25, -0.2) is 4.39 Å². The topological polar surface area (TPSA) is 61.8 Å². The Kier molecular flexibility index (Phi) is 8.58. The predicted molar refractivity (Wildman–Crippen MR) is 113 cm³/mol. The van der Waals surface area contributed by atoms with Crippen LogP contribution in [0.1, 0.15) is 18.4 Å². The molecule has 0 aliphatic rings. The van der Waals surface area contributed by atoms with Crippen molar-refractivity contribution in [3.8, 4) is 5.75 Å². The number of carbonyl (C=O) groups excluding carboxylic acids is 1. The number of hydrogen-bond acceptors (Lipinski definition) is 4. The third kappa shape index (κ3) is 6.75. The number of thiocarbonyl (C=S) groups is 1. The van der Waals surface area contributed by atoms with Crippen molar-refractivity contribution in [3.05, 3.63) is 66.0 Å². The van der Waals surface area contributed by atoms with Gasteiger partial charge in [0.2, 0.25) is 5.91 Å². The molecule has 0 unspecified atom stereocenters. The van der Waals surface area contributed by atoms with Crippen molar-refractivity contribution in [1.29, 1.82) is 0 Å². The first kappa shape index (κ1) is 21.5. The van der Waals surface area contributed by atoms with Crippen molar-refractivity contribution < 1.29 is 19.0 Å². The molecule has 1 amide bonds. The molecule has 0 fully saturated rings. The molecule has 148 valence electrons. The summed E-state index contributed by atoms with van der Waals surface area (Å²) in [6.45, 7) is 0.625. The largest absolute Gasteiger partial charge is 0.497 e. The average molecular weight is 402 g/mol. The summed E-state index contributed by atoms with van der Waals surface area (Å²) in [5, 5.41) is 12.0. The van der Waals surface area contributed by atoms with E-state index in [9.17, 15) is 9.18 Å². The summed E-state index contributed by atoms with van der Waals surface area (Å²) in [7, 11) is 1.58. The van der Waals surface area contributed by atoms with Crippen molar-refractivity contribution in [2.24, 2.45) is 0 Å². The fourth-order valence-corrected chi connectivity index (χ4v) is 2.77. The minimum Gasteiger partial charge on any atom is -0.497 e. The second-order valence-electron chi connectivity index (χ2n) is 5.96. The number of nitrogens with one attached hydrogen (secondary N) is 1. The van der Waals surface area contributed by atoms with E-state index < -0.39 is 0 Å². The first-order valence-electron chi connectivity index (χ1n) is 8.84. The first-order chi connectivity index (χ1) is 13.5. The van der Waals surface area contributed by atoms with Crippen LogP contribution in [0.5, 0.6) is 5.75 Å². The maximum Gasteiger partial charge on any atom is 0.250 e. The molecule has 0 saturated heterocycles. The van der Waals surface area contributed by atoms with E-state index in [1.54, 1.807) is 30.2 Å². The van der Waals surface area contributed by atoms with Crippen molar-refractivity contribution in [1.82, 2.24) is 5.32 Å². The third-order valence-corrected chi connectivity index (χ3v) is 4.25. The highest BCUT2D eigenvalue weighted by Gasteiger charge is 2.14. The Hall–Kier alpha value is -2.77. The second kappa shape index (κ2) is 11.2. The summed E-state index contributed by atoms with van der Waals surface area (Å²) in [4.78, 5) is 14.0. The van der Waals surface area contributed by atoms with Gasteiger partial charge in [0, 0.05) is 31.0 Å². The van der Waals surface area contributed by atoms with Crippen LogP contribution in [-0.2, 0) is 4.79 Å². The number of carbonyl (C=O) groups is 1. The van der Waals surface area contributed by atoms with Crippen LogP contribution in [0.3, 0.4) is 0 Å². The summed E-state index contributed by atoms with van der Waals surface area (Å²) in [5.74, 6) is -0.0426. The van der Waals surface area contributed by atoms with E-state index in [4.69, 9.17) is 22.1 Å². The molecule has 28 heavy (non-hydrogen) atoms. The normalized spacial score (nSPS) is 10.7. The number of amides is 1. The third-order valence-electron chi connectivity index (χ3n) is 3.93. The van der Waals surface area contributed by atoms with E-state index in [1.165, 1.54) is 18.2 Å². The fourth-order valence-electron chi connectivity index (χ4n) is 2.47. The van der Waals surface area contributed by atoms with Gasteiger partial charge in [-0.1, -0.05) is 18.2 Å². The van der Waals surface area contributed by atoms with Gasteiger partial charge in [0.1, 0.15) is 11.6 Å². The van der Waals surface area contributed by atoms with E-state index in [-0.39, 0.29) is 23.4 Å². The standard InChI is InChI=1S/C21H23FN2O3S/c1-27-19-6-4-5-18(15-19)24(13-2-3-14-25)21(28)23-20(26)12-9-16-7-10-17(22)11-8-16/h4-12,15,25H,2-3,13-14H2,1H3,(H,23,26,28)/b12-9+. The molecule has 5 nitrogen and oxygen atoms in total. The lowest BCUT2D eigenvalue weighted by atomic mass is 10.2. The maximum atomic E-state index is 12.9. The number of aliphatic hydroxyl groups is 1. The van der Waals surface area contributed by atoms with Crippen LogP contribution in [0, 0.1) is 5.82 Å². The lowest BCUT2D eigenvalue weighted by Crippen LogP contribution is -2.42. The van der Waals surface area contributed by atoms with E-state index in [0.29, 0.717) is 30.7 Å². The molecule has 0 heterocycles. The fraction of sp³-hybridized carbons (Fsp3) is 0.238. The van der Waals surface area contributed by atoms with Gasteiger partial charge in [0.05, 0.1) is 7.11 Å². The van der Waals surface area contributed by atoms with Gasteiger partial charge in [0.25, 0.3) is 0 Å². The molecule has 0 bridgehead atoms. The van der Waals surface area contributed by atoms with Crippen LogP contribution in [-0.4, -0.2) is 36.4 Å². The van der Waals surface area contributed by atoms with Gasteiger partial charge in [-0.15, -0.1) is 0 Å². The minimum atomic E-state index is -0.385. The Morgan fingerprint density at radius 2 is 2.00 bits per heavy atom. The maximum absolute atomic E-state index is 12.9. The van der Waals surface area contributed by atoms with E-state index >= 15 is 0 Å². The summed E-state index contributed by atoms with van der Waals surface area (Å²) in [6.07, 6.45) is 4.26. The first-order valence-corrected chi connectivity index (χ1v) is 9.25. The highest BCUT2D eigenvalue weighted by molar-refractivity contribution is 7.80. The van der Waals surface area contributed by atoms with E-state index in [1.807, 2.05) is 24.3 Å². The number of aliphatic hydroxyl groups excluding tert-OH is 1. The average Bonchev–Trinajstić information content (AvgIpc) is 2.70. The Balaban J connectivity index is 2.07. The zero-order valence-corrected chi connectivity index (χ0v) is 16.4. The number of anilines is 1. The Morgan fingerprint density at radius 3 is 2.68 bits per heavy atom. The number of halogens is 1. The Morgan fingerprint density at radius 1 is 1.25 bits per heavy atom. The van der Waals surface area contributed by atoms with Gasteiger partial charge in [-0.2, -0.15) is 0 Å². The molecule has 0 aliphatic carbocycles. The highest BCUT2D eigenvalue weighted by Crippen LogP contribution is 2.21. The van der Waals surface area contributed by atoms with Crippen LogP contribution in [0.2, 0.25) is 0 Å². The predicted octanol–water partition coefficient (Wildman–Crippen LogP) is 3.53. The molecule has 0 radical (unpaired) electrons. The van der Waals surface area contributed by atoms with Crippen LogP contribution in [0.25, 0.3) is 6.08 Å². The minimum absolute atomic E-state index is 0.0888. The molecule has 0 spiro atoms. The monoisotopic (exact) mass is 402 g/mol. The molecule has 0 aliphatic heterocycles. The molecule has 2 aromatic rings. The Labute approximate surface area is 169 Å². The van der Waals surface area contributed by atoms with Crippen LogP contribution < -0.4 is 15.0 Å². The second-order valence-corrected chi connectivity index (χ2v) is 6.35. The number of benzene rings is 2. The summed E-state index contributed by atoms with van der Waals surface area (Å²) < 4.78 is 18.2. The Bertz CT molecular complexity index is 825. The molecule has 2 N–H and O–H groups in total. The van der Waals surface area contributed by atoms with E-state index in [2.05, 4.69) is 5.32 Å². The lowest BCUT2D eigenvalue weighted by Gasteiger charge is -2.25. The van der Waals surface area contributed by atoms with Crippen molar-refractivity contribution in [2.45, 2.75) is 12.8 Å². The molecule has 0 aromatic heterocycles. The smallest absolute Gasteiger partial charge is 0.250 e. The van der Waals surface area contributed by atoms with Gasteiger partial charge in [0.15, 0.2) is 5.11 Å². The van der Waals surface area contributed by atoms with Crippen molar-refractivity contribution >= 4 is 35.0 Å². The SMILES string of the molecule is COc1cccc(N(CCCCO)C(=S)NC(=O)/C=C/c2ccc(F)cc2)c1. The number of nitrogens with zero attached hydrogens (tertiary/aromatic N) is 1. The molecule has 7 heteroatoms. The highest BCUT2D eigenvalue weighted by atomic mass is 32.1. The molecule has 0 saturated carbocycles.